The number of nitrogens with one attached hydrogen (secondary N) is 1. The molecule has 0 bridgehead atoms. The van der Waals surface area contributed by atoms with Crippen molar-refractivity contribution < 1.29 is 0 Å². The Bertz CT molecular complexity index is 1120. The van der Waals surface area contributed by atoms with Crippen molar-refractivity contribution >= 4 is 39.0 Å². The van der Waals surface area contributed by atoms with Gasteiger partial charge in [-0.2, -0.15) is 5.10 Å². The van der Waals surface area contributed by atoms with E-state index in [0.717, 1.165) is 52.3 Å². The van der Waals surface area contributed by atoms with Gasteiger partial charge in [-0.25, -0.2) is 19.6 Å². The minimum Gasteiger partial charge on any atom is -0.355 e. The number of anilines is 3. The molecule has 148 valence electrons. The number of hydrogen-bond donors (Lipinski definition) is 1. The number of nitrogens with zero attached hydrogens (tertiary/aromatic N) is 7. The molecule has 29 heavy (non-hydrogen) atoms. The first kappa shape index (κ1) is 18.0. The third-order valence-electron chi connectivity index (χ3n) is 5.23. The van der Waals surface area contributed by atoms with E-state index in [2.05, 4.69) is 50.3 Å². The molecule has 4 aromatic heterocycles. The number of thiazole rings is 1. The summed E-state index contributed by atoms with van der Waals surface area (Å²) in [6.45, 7) is 2.20. The van der Waals surface area contributed by atoms with Crippen LogP contribution < -0.4 is 10.2 Å². The van der Waals surface area contributed by atoms with E-state index in [-0.39, 0.29) is 0 Å². The van der Waals surface area contributed by atoms with Crippen molar-refractivity contribution in [1.82, 2.24) is 29.6 Å². The van der Waals surface area contributed by atoms with Gasteiger partial charge in [0.15, 0.2) is 0 Å². The average molecular weight is 407 g/mol. The summed E-state index contributed by atoms with van der Waals surface area (Å²) in [6, 6.07) is 10.4. The molecule has 0 amide bonds. The number of pyridine rings is 2. The molecule has 8 nitrogen and oxygen atoms in total. The molecule has 0 aliphatic carbocycles. The SMILES string of the molecule is CN1CC[C@H](N(C)c2cccc(Nc3cc4nc(-n5cccn5)sc4cn3)n2)C1. The highest BCUT2D eigenvalue weighted by Crippen LogP contribution is 2.27. The Morgan fingerprint density at radius 1 is 1.21 bits per heavy atom. The van der Waals surface area contributed by atoms with Crippen molar-refractivity contribution in [2.24, 2.45) is 0 Å². The van der Waals surface area contributed by atoms with Crippen LogP contribution in [0, 0.1) is 0 Å². The van der Waals surface area contributed by atoms with Crippen LogP contribution in [0.3, 0.4) is 0 Å². The maximum atomic E-state index is 4.79. The lowest BCUT2D eigenvalue weighted by Crippen LogP contribution is -2.34. The Labute approximate surface area is 172 Å². The van der Waals surface area contributed by atoms with Crippen LogP contribution in [0.4, 0.5) is 17.5 Å². The first-order chi connectivity index (χ1) is 14.2. The Balaban J connectivity index is 1.36. The molecule has 5 heterocycles. The normalized spacial score (nSPS) is 17.1. The highest BCUT2D eigenvalue weighted by Gasteiger charge is 2.24. The van der Waals surface area contributed by atoms with Crippen LogP contribution in [-0.4, -0.2) is 62.9 Å². The third kappa shape index (κ3) is 3.66. The quantitative estimate of drug-likeness (QED) is 0.546. The predicted octanol–water partition coefficient (Wildman–Crippen LogP) is 3.16. The van der Waals surface area contributed by atoms with Crippen molar-refractivity contribution in [3.63, 3.8) is 0 Å². The van der Waals surface area contributed by atoms with E-state index in [9.17, 15) is 0 Å². The predicted molar refractivity (Wildman–Crippen MR) is 116 cm³/mol. The van der Waals surface area contributed by atoms with E-state index in [4.69, 9.17) is 4.98 Å². The van der Waals surface area contributed by atoms with Gasteiger partial charge in [-0.05, 0) is 38.2 Å². The van der Waals surface area contributed by atoms with Crippen LogP contribution in [0.1, 0.15) is 6.42 Å². The van der Waals surface area contributed by atoms with E-state index in [1.54, 1.807) is 22.2 Å². The second-order valence-electron chi connectivity index (χ2n) is 7.31. The molecule has 1 aliphatic heterocycles. The molecule has 0 radical (unpaired) electrons. The lowest BCUT2D eigenvalue weighted by molar-refractivity contribution is 0.409. The topological polar surface area (TPSA) is 75.0 Å². The third-order valence-corrected chi connectivity index (χ3v) is 6.23. The fourth-order valence-electron chi connectivity index (χ4n) is 3.61. The maximum absolute atomic E-state index is 4.79. The minimum atomic E-state index is 0.493. The molecule has 4 aromatic rings. The fraction of sp³-hybridized carbons (Fsp3) is 0.300. The van der Waals surface area contributed by atoms with Crippen LogP contribution in [-0.2, 0) is 0 Å². The molecule has 1 saturated heterocycles. The summed E-state index contributed by atoms with van der Waals surface area (Å²) >= 11 is 1.56. The zero-order chi connectivity index (χ0) is 19.8. The number of aromatic nitrogens is 5. The van der Waals surface area contributed by atoms with Gasteiger partial charge in [-0.3, -0.25) is 0 Å². The number of fused-ring (bicyclic) bond motifs is 1. The molecule has 0 spiro atoms. The highest BCUT2D eigenvalue weighted by molar-refractivity contribution is 7.20. The monoisotopic (exact) mass is 406 g/mol. The molecule has 1 aliphatic rings. The zero-order valence-electron chi connectivity index (χ0n) is 16.4. The van der Waals surface area contributed by atoms with Crippen molar-refractivity contribution in [3.05, 3.63) is 48.9 Å². The van der Waals surface area contributed by atoms with Gasteiger partial charge in [-0.15, -0.1) is 0 Å². The van der Waals surface area contributed by atoms with E-state index >= 15 is 0 Å². The van der Waals surface area contributed by atoms with Gasteiger partial charge >= 0.3 is 0 Å². The van der Waals surface area contributed by atoms with E-state index < -0.39 is 0 Å². The molecule has 5 rings (SSSR count). The van der Waals surface area contributed by atoms with Crippen LogP contribution in [0.15, 0.2) is 48.9 Å². The van der Waals surface area contributed by atoms with Gasteiger partial charge in [0.05, 0.1) is 10.2 Å². The summed E-state index contributed by atoms with van der Waals surface area (Å²) < 4.78 is 2.78. The van der Waals surface area contributed by atoms with Crippen molar-refractivity contribution in [1.29, 1.82) is 0 Å². The molecule has 0 saturated carbocycles. The van der Waals surface area contributed by atoms with Crippen molar-refractivity contribution in [2.75, 3.05) is 37.4 Å². The number of likely N-dealkylation sites (tertiary alicyclic amines) is 1. The summed E-state index contributed by atoms with van der Waals surface area (Å²) in [5, 5.41) is 8.39. The summed E-state index contributed by atoms with van der Waals surface area (Å²) in [7, 11) is 4.28. The van der Waals surface area contributed by atoms with Gasteiger partial charge in [0.1, 0.15) is 17.5 Å². The number of likely N-dealkylation sites (N-methyl/N-ethyl adjacent to an activating group) is 2. The van der Waals surface area contributed by atoms with Crippen LogP contribution >= 0.6 is 11.3 Å². The van der Waals surface area contributed by atoms with E-state index in [1.165, 1.54) is 0 Å². The first-order valence-electron chi connectivity index (χ1n) is 9.58. The second kappa shape index (κ2) is 7.41. The van der Waals surface area contributed by atoms with Crippen LogP contribution in [0.5, 0.6) is 0 Å². The number of rotatable bonds is 5. The molecule has 1 N–H and O–H groups in total. The minimum absolute atomic E-state index is 0.493. The van der Waals surface area contributed by atoms with Gasteiger partial charge in [-0.1, -0.05) is 17.4 Å². The summed E-state index contributed by atoms with van der Waals surface area (Å²) in [6.07, 6.45) is 6.63. The summed E-state index contributed by atoms with van der Waals surface area (Å²) in [4.78, 5) is 18.6. The highest BCUT2D eigenvalue weighted by atomic mass is 32.1. The van der Waals surface area contributed by atoms with Crippen LogP contribution in [0.25, 0.3) is 15.3 Å². The lowest BCUT2D eigenvalue weighted by Gasteiger charge is -2.25. The van der Waals surface area contributed by atoms with E-state index in [0.29, 0.717) is 6.04 Å². The maximum Gasteiger partial charge on any atom is 0.211 e. The Kier molecular flexibility index (Phi) is 4.61. The van der Waals surface area contributed by atoms with Gasteiger partial charge in [0.25, 0.3) is 0 Å². The lowest BCUT2D eigenvalue weighted by atomic mass is 10.2. The van der Waals surface area contributed by atoms with Crippen LogP contribution in [0.2, 0.25) is 0 Å². The standard InChI is InChI=1S/C20H22N8S/c1-26-10-7-14(13-26)27(2)19-6-3-5-17(25-19)24-18-11-15-16(12-21-18)29-20(23-15)28-9-4-8-22-28/h3-6,8-9,11-12,14H,7,10,13H2,1-2H3,(H,21,24,25)/t14-/m0/s1. The molecule has 1 fully saturated rings. The molecule has 1 atom stereocenters. The van der Waals surface area contributed by atoms with Gasteiger partial charge in [0.2, 0.25) is 5.13 Å². The molecular formula is C20H22N8S. The summed E-state index contributed by atoms with van der Waals surface area (Å²) in [5.74, 6) is 2.46. The Hall–Kier alpha value is -3.04. The van der Waals surface area contributed by atoms with Crippen molar-refractivity contribution in [2.45, 2.75) is 12.5 Å². The molecule has 9 heteroatoms. The largest absolute Gasteiger partial charge is 0.355 e. The first-order valence-corrected chi connectivity index (χ1v) is 10.4. The van der Waals surface area contributed by atoms with Gasteiger partial charge < -0.3 is 15.1 Å². The van der Waals surface area contributed by atoms with Gasteiger partial charge in [0, 0.05) is 44.3 Å². The molecule has 0 aromatic carbocycles. The second-order valence-corrected chi connectivity index (χ2v) is 8.32. The molecular weight excluding hydrogens is 384 g/mol. The fourth-order valence-corrected chi connectivity index (χ4v) is 4.46. The number of hydrogen-bond acceptors (Lipinski definition) is 8. The molecule has 0 unspecified atom stereocenters. The smallest absolute Gasteiger partial charge is 0.211 e. The average Bonchev–Trinajstić information content (AvgIpc) is 3.47. The zero-order valence-corrected chi connectivity index (χ0v) is 17.2. The summed E-state index contributed by atoms with van der Waals surface area (Å²) in [5.41, 5.74) is 0.889. The Morgan fingerprint density at radius 2 is 2.14 bits per heavy atom. The Morgan fingerprint density at radius 3 is 2.93 bits per heavy atom. The van der Waals surface area contributed by atoms with Crippen molar-refractivity contribution in [3.8, 4) is 5.13 Å². The van der Waals surface area contributed by atoms with E-state index in [1.807, 2.05) is 36.7 Å².